The Balaban J connectivity index is 1.29. The third-order valence-corrected chi connectivity index (χ3v) is 6.31. The molecule has 0 unspecified atom stereocenters. The van der Waals surface area contributed by atoms with Crippen LogP contribution in [0.1, 0.15) is 10.4 Å². The van der Waals surface area contributed by atoms with Crippen molar-refractivity contribution >= 4 is 50.0 Å². The van der Waals surface area contributed by atoms with Crippen LogP contribution in [0.5, 0.6) is 5.75 Å². The summed E-state index contributed by atoms with van der Waals surface area (Å²) in [6.07, 6.45) is 0. The highest BCUT2D eigenvalue weighted by molar-refractivity contribution is 7.21. The van der Waals surface area contributed by atoms with Gasteiger partial charge < -0.3 is 10.1 Å². The maximum Gasteiger partial charge on any atom is 0.326 e. The lowest BCUT2D eigenvalue weighted by atomic mass is 10.1. The zero-order valence-corrected chi connectivity index (χ0v) is 18.5. The lowest BCUT2D eigenvalue weighted by molar-refractivity contribution is 0.0964. The van der Waals surface area contributed by atoms with Crippen molar-refractivity contribution in [3.8, 4) is 16.3 Å². The number of carbonyl (C=O) groups excluding carboxylic acids is 2. The second-order valence-corrected chi connectivity index (χ2v) is 8.40. The number of fused-ring (bicyclic) bond motifs is 2. The number of thiazole rings is 1. The van der Waals surface area contributed by atoms with Gasteiger partial charge in [-0.3, -0.25) is 10.1 Å². The van der Waals surface area contributed by atoms with Gasteiger partial charge in [0.25, 0.3) is 5.91 Å². The van der Waals surface area contributed by atoms with E-state index >= 15 is 0 Å². The van der Waals surface area contributed by atoms with E-state index < -0.39 is 11.9 Å². The second kappa shape index (κ2) is 8.72. The highest BCUT2D eigenvalue weighted by Gasteiger charge is 2.16. The zero-order valence-electron chi connectivity index (χ0n) is 17.7. The molecule has 0 saturated heterocycles. The number of rotatable bonds is 4. The highest BCUT2D eigenvalue weighted by Crippen LogP contribution is 2.30. The summed E-state index contributed by atoms with van der Waals surface area (Å²) >= 11 is 1.61. The van der Waals surface area contributed by atoms with Crippen molar-refractivity contribution in [3.63, 3.8) is 0 Å². The number of aromatic nitrogens is 1. The Labute approximate surface area is 193 Å². The number of methoxy groups -OCH3 is 1. The molecule has 1 heterocycles. The fraction of sp³-hybridized carbons (Fsp3) is 0.0385. The molecule has 2 N–H and O–H groups in total. The summed E-state index contributed by atoms with van der Waals surface area (Å²) in [5, 5.41) is 7.80. The Hall–Kier alpha value is -4.23. The van der Waals surface area contributed by atoms with Crippen LogP contribution in [-0.2, 0) is 0 Å². The first-order valence-electron chi connectivity index (χ1n) is 10.3. The molecule has 6 nitrogen and oxygen atoms in total. The van der Waals surface area contributed by atoms with Crippen LogP contribution in [0.4, 0.5) is 10.5 Å². The van der Waals surface area contributed by atoms with Gasteiger partial charge in [-0.05, 0) is 59.3 Å². The number of urea groups is 1. The van der Waals surface area contributed by atoms with Gasteiger partial charge in [0.15, 0.2) is 0 Å². The van der Waals surface area contributed by atoms with Crippen LogP contribution < -0.4 is 15.4 Å². The Bertz CT molecular complexity index is 1460. The fourth-order valence-corrected chi connectivity index (χ4v) is 4.56. The molecule has 3 amide bonds. The SMILES string of the molecule is COc1cc2ccccc2cc1C(=O)NC(=O)Nc1ccc(-c2nc3ccccc3s2)cc1. The predicted molar refractivity (Wildman–Crippen MR) is 132 cm³/mol. The van der Waals surface area contributed by atoms with Crippen LogP contribution in [0.2, 0.25) is 0 Å². The lowest BCUT2D eigenvalue weighted by Crippen LogP contribution is -2.34. The number of nitrogens with one attached hydrogen (secondary N) is 2. The Kier molecular flexibility index (Phi) is 5.46. The number of nitrogens with zero attached hydrogens (tertiary/aromatic N) is 1. The van der Waals surface area contributed by atoms with Crippen molar-refractivity contribution in [1.82, 2.24) is 10.3 Å². The Morgan fingerprint density at radius 2 is 1.58 bits per heavy atom. The van der Waals surface area contributed by atoms with Gasteiger partial charge in [-0.15, -0.1) is 11.3 Å². The molecule has 0 aliphatic carbocycles. The molecule has 1 aromatic heterocycles. The van der Waals surface area contributed by atoms with E-state index in [-0.39, 0.29) is 5.56 Å². The maximum absolute atomic E-state index is 12.7. The predicted octanol–water partition coefficient (Wildman–Crippen LogP) is 6.09. The van der Waals surface area contributed by atoms with E-state index in [0.29, 0.717) is 11.4 Å². The summed E-state index contributed by atoms with van der Waals surface area (Å²) in [7, 11) is 1.49. The quantitative estimate of drug-likeness (QED) is 0.345. The van der Waals surface area contributed by atoms with Crippen LogP contribution in [0.25, 0.3) is 31.6 Å². The number of hydrogen-bond donors (Lipinski definition) is 2. The number of hydrogen-bond acceptors (Lipinski definition) is 5. The summed E-state index contributed by atoms with van der Waals surface area (Å²) in [4.78, 5) is 29.8. The summed E-state index contributed by atoms with van der Waals surface area (Å²) in [5.41, 5.74) is 2.77. The van der Waals surface area contributed by atoms with Crippen molar-refractivity contribution in [2.24, 2.45) is 0 Å². The third-order valence-electron chi connectivity index (χ3n) is 5.22. The molecular formula is C26H19N3O3S. The first-order chi connectivity index (χ1) is 16.1. The van der Waals surface area contributed by atoms with Gasteiger partial charge in [0.2, 0.25) is 0 Å². The smallest absolute Gasteiger partial charge is 0.326 e. The molecule has 0 bridgehead atoms. The minimum absolute atomic E-state index is 0.289. The minimum Gasteiger partial charge on any atom is -0.496 e. The molecule has 0 aliphatic rings. The van der Waals surface area contributed by atoms with Gasteiger partial charge in [-0.25, -0.2) is 9.78 Å². The number of para-hydroxylation sites is 1. The number of imide groups is 1. The molecule has 0 spiro atoms. The lowest BCUT2D eigenvalue weighted by Gasteiger charge is -2.11. The maximum atomic E-state index is 12.7. The molecule has 7 heteroatoms. The molecule has 162 valence electrons. The molecule has 0 fully saturated rings. The number of benzene rings is 4. The monoisotopic (exact) mass is 453 g/mol. The van der Waals surface area contributed by atoms with E-state index in [1.807, 2.05) is 60.7 Å². The van der Waals surface area contributed by atoms with Gasteiger partial charge in [0.1, 0.15) is 10.8 Å². The standard InChI is InChI=1S/C26H19N3O3S/c1-32-22-15-18-7-3-2-6-17(18)14-20(22)24(30)29-26(31)27-19-12-10-16(11-13-19)25-28-21-8-4-5-9-23(21)33-25/h2-15H,1H3,(H2,27,29,30,31). The number of amides is 3. The topological polar surface area (TPSA) is 80.3 Å². The minimum atomic E-state index is -0.622. The van der Waals surface area contributed by atoms with Gasteiger partial charge in [0, 0.05) is 11.3 Å². The average Bonchev–Trinajstić information content (AvgIpc) is 3.28. The third kappa shape index (κ3) is 4.26. The zero-order chi connectivity index (χ0) is 22.8. The van der Waals surface area contributed by atoms with Gasteiger partial charge in [-0.2, -0.15) is 0 Å². The highest BCUT2D eigenvalue weighted by atomic mass is 32.1. The number of carbonyl (C=O) groups is 2. The second-order valence-electron chi connectivity index (χ2n) is 7.37. The van der Waals surface area contributed by atoms with Gasteiger partial charge in [-0.1, -0.05) is 36.4 Å². The average molecular weight is 454 g/mol. The summed E-state index contributed by atoms with van der Waals surface area (Å²) in [6, 6.07) is 25.8. The number of ether oxygens (including phenoxy) is 1. The molecule has 0 aliphatic heterocycles. The first-order valence-corrected chi connectivity index (χ1v) is 11.1. The van der Waals surface area contributed by atoms with E-state index in [1.54, 1.807) is 35.6 Å². The van der Waals surface area contributed by atoms with Crippen LogP contribution in [0.3, 0.4) is 0 Å². The van der Waals surface area contributed by atoms with E-state index in [0.717, 1.165) is 31.6 Å². The van der Waals surface area contributed by atoms with Crippen LogP contribution in [0.15, 0.2) is 84.9 Å². The molecule has 0 atom stereocenters. The van der Waals surface area contributed by atoms with Gasteiger partial charge >= 0.3 is 6.03 Å². The van der Waals surface area contributed by atoms with Crippen molar-refractivity contribution in [2.75, 3.05) is 12.4 Å². The molecule has 0 radical (unpaired) electrons. The van der Waals surface area contributed by atoms with Crippen molar-refractivity contribution in [3.05, 3.63) is 90.5 Å². The van der Waals surface area contributed by atoms with Crippen LogP contribution in [0, 0.1) is 0 Å². The van der Waals surface area contributed by atoms with Crippen molar-refractivity contribution in [2.45, 2.75) is 0 Å². The van der Waals surface area contributed by atoms with Crippen molar-refractivity contribution in [1.29, 1.82) is 0 Å². The molecule has 33 heavy (non-hydrogen) atoms. The van der Waals surface area contributed by atoms with Crippen LogP contribution >= 0.6 is 11.3 Å². The molecular weight excluding hydrogens is 434 g/mol. The van der Waals surface area contributed by atoms with E-state index in [1.165, 1.54) is 7.11 Å². The molecule has 5 aromatic rings. The first kappa shape index (κ1) is 20.7. The molecule has 0 saturated carbocycles. The Morgan fingerprint density at radius 1 is 0.879 bits per heavy atom. The van der Waals surface area contributed by atoms with Crippen LogP contribution in [-0.4, -0.2) is 24.0 Å². The number of anilines is 1. The molecule has 4 aromatic carbocycles. The normalized spacial score (nSPS) is 10.8. The molecule has 5 rings (SSSR count). The van der Waals surface area contributed by atoms with Gasteiger partial charge in [0.05, 0.1) is 22.9 Å². The summed E-state index contributed by atoms with van der Waals surface area (Å²) in [6.45, 7) is 0. The Morgan fingerprint density at radius 3 is 2.30 bits per heavy atom. The van der Waals surface area contributed by atoms with Crippen molar-refractivity contribution < 1.29 is 14.3 Å². The summed E-state index contributed by atoms with van der Waals surface area (Å²) in [5.74, 6) is -0.139. The summed E-state index contributed by atoms with van der Waals surface area (Å²) < 4.78 is 6.48. The fourth-order valence-electron chi connectivity index (χ4n) is 3.59. The van der Waals surface area contributed by atoms with E-state index in [4.69, 9.17) is 4.74 Å². The van der Waals surface area contributed by atoms with E-state index in [2.05, 4.69) is 15.6 Å². The van der Waals surface area contributed by atoms with E-state index in [9.17, 15) is 9.59 Å². The largest absolute Gasteiger partial charge is 0.496 e.